The molecule has 0 saturated carbocycles. The average Bonchev–Trinajstić information content (AvgIpc) is 3.36. The topological polar surface area (TPSA) is 120 Å². The van der Waals surface area contributed by atoms with Gasteiger partial charge in [0.05, 0.1) is 37.6 Å². The zero-order chi connectivity index (χ0) is 23.0. The lowest BCUT2D eigenvalue weighted by Crippen LogP contribution is -2.56. The smallest absolute Gasteiger partial charge is 0.323 e. The lowest BCUT2D eigenvalue weighted by Gasteiger charge is -2.35. The summed E-state index contributed by atoms with van der Waals surface area (Å²) in [7, 11) is -2.09. The quantitative estimate of drug-likeness (QED) is 0.605. The highest BCUT2D eigenvalue weighted by atomic mass is 32.2. The van der Waals surface area contributed by atoms with Gasteiger partial charge in [-0.2, -0.15) is 13.1 Å². The van der Waals surface area contributed by atoms with Crippen LogP contribution in [0.4, 0.5) is 0 Å². The molecule has 1 saturated heterocycles. The zero-order valence-corrected chi connectivity index (χ0v) is 19.4. The van der Waals surface area contributed by atoms with E-state index >= 15 is 0 Å². The number of rotatable bonds is 5. The normalized spacial score (nSPS) is 20.1. The summed E-state index contributed by atoms with van der Waals surface area (Å²) >= 11 is 0. The Hall–Kier alpha value is -3.25. The number of ether oxygens (including phenoxy) is 1. The molecule has 4 heterocycles. The van der Waals surface area contributed by atoms with Gasteiger partial charge in [-0.15, -0.1) is 9.50 Å². The summed E-state index contributed by atoms with van der Waals surface area (Å²) in [6, 6.07) is 5.80. The summed E-state index contributed by atoms with van der Waals surface area (Å²) < 4.78 is 40.3. The van der Waals surface area contributed by atoms with Crippen molar-refractivity contribution in [2.45, 2.75) is 45.3 Å². The Morgan fingerprint density at radius 2 is 2.09 bits per heavy atom. The van der Waals surface area contributed by atoms with Gasteiger partial charge in [0.15, 0.2) is 0 Å². The highest BCUT2D eigenvalue weighted by Gasteiger charge is 2.33. The molecule has 0 aliphatic carbocycles. The van der Waals surface area contributed by atoms with Crippen molar-refractivity contribution in [3.8, 4) is 22.7 Å². The van der Waals surface area contributed by atoms with Crippen LogP contribution in [-0.2, 0) is 16.8 Å². The summed E-state index contributed by atoms with van der Waals surface area (Å²) in [6.07, 6.45) is 8.72. The lowest BCUT2D eigenvalue weighted by atomic mass is 10.1. The number of hydrogen-bond donors (Lipinski definition) is 1. The summed E-state index contributed by atoms with van der Waals surface area (Å²) in [6.45, 7) is 3.03. The molecule has 3 aromatic rings. The predicted octanol–water partition coefficient (Wildman–Crippen LogP) is 1.90. The molecule has 2 aromatic heterocycles. The highest BCUT2D eigenvalue weighted by molar-refractivity contribution is 7.88. The van der Waals surface area contributed by atoms with Crippen molar-refractivity contribution in [2.75, 3.05) is 13.7 Å². The second-order valence-corrected chi connectivity index (χ2v) is 9.62. The minimum absolute atomic E-state index is 0.328. The molecule has 1 atom stereocenters. The first kappa shape index (κ1) is 21.6. The van der Waals surface area contributed by atoms with E-state index in [1.165, 1.54) is 0 Å². The Morgan fingerprint density at radius 3 is 2.88 bits per heavy atom. The van der Waals surface area contributed by atoms with Gasteiger partial charge in [0.2, 0.25) is 0 Å². The summed E-state index contributed by atoms with van der Waals surface area (Å²) in [5, 5.41) is 8.55. The molecule has 2 aliphatic rings. The molecule has 1 aromatic carbocycles. The van der Waals surface area contributed by atoms with E-state index in [0.717, 1.165) is 42.8 Å². The number of amidine groups is 1. The van der Waals surface area contributed by atoms with Crippen LogP contribution in [0.2, 0.25) is 0 Å². The standard InChI is InChI=1S/C21H26N8O3S/c1-15-11-27(14-22-15)18-8-7-16(10-19(18)32-2)17-12-28(26-23-17)13-21-25-33(30,31)24-20-6-4-3-5-9-29(20)21/h7-8,10-12,14,21,25H,3-6,9,13H2,1-2H3/t21-/m1/s1. The Balaban J connectivity index is 1.39. The number of hydrogen-bond acceptors (Lipinski definition) is 7. The minimum Gasteiger partial charge on any atom is -0.495 e. The van der Waals surface area contributed by atoms with Gasteiger partial charge < -0.3 is 14.2 Å². The maximum Gasteiger partial charge on any atom is 0.323 e. The molecule has 1 fully saturated rings. The van der Waals surface area contributed by atoms with Crippen LogP contribution in [0.1, 0.15) is 31.4 Å². The van der Waals surface area contributed by atoms with Gasteiger partial charge in [0, 0.05) is 24.7 Å². The number of nitrogens with zero attached hydrogens (tertiary/aromatic N) is 7. The molecule has 2 aliphatic heterocycles. The van der Waals surface area contributed by atoms with Crippen LogP contribution in [0, 0.1) is 6.92 Å². The van der Waals surface area contributed by atoms with Crippen molar-refractivity contribution >= 4 is 16.0 Å². The van der Waals surface area contributed by atoms with Crippen molar-refractivity contribution < 1.29 is 13.2 Å². The first-order valence-corrected chi connectivity index (χ1v) is 12.3. The molecule has 0 spiro atoms. The first-order valence-electron chi connectivity index (χ1n) is 10.9. The SMILES string of the molecule is COc1cc(-c2cn(C[C@@H]3NS(=O)(=O)N=C4CCCCCN43)nn2)ccc1-n1cnc(C)c1. The number of imidazole rings is 1. The van der Waals surface area contributed by atoms with Crippen LogP contribution in [0.15, 0.2) is 41.3 Å². The van der Waals surface area contributed by atoms with Gasteiger partial charge in [0.25, 0.3) is 0 Å². The van der Waals surface area contributed by atoms with E-state index in [4.69, 9.17) is 4.74 Å². The molecule has 1 N–H and O–H groups in total. The van der Waals surface area contributed by atoms with Crippen LogP contribution >= 0.6 is 0 Å². The third-order valence-electron chi connectivity index (χ3n) is 5.88. The number of benzene rings is 1. The summed E-state index contributed by atoms with van der Waals surface area (Å²) in [5.74, 6) is 1.32. The van der Waals surface area contributed by atoms with E-state index in [9.17, 15) is 8.42 Å². The zero-order valence-electron chi connectivity index (χ0n) is 18.5. The van der Waals surface area contributed by atoms with Gasteiger partial charge in [0.1, 0.15) is 23.4 Å². The highest BCUT2D eigenvalue weighted by Crippen LogP contribution is 2.29. The maximum atomic E-state index is 12.3. The van der Waals surface area contributed by atoms with Crippen molar-refractivity contribution in [3.63, 3.8) is 0 Å². The van der Waals surface area contributed by atoms with Crippen molar-refractivity contribution in [1.29, 1.82) is 0 Å². The fourth-order valence-corrected chi connectivity index (χ4v) is 5.36. The molecule has 5 rings (SSSR count). The van der Waals surface area contributed by atoms with Crippen LogP contribution in [0.3, 0.4) is 0 Å². The van der Waals surface area contributed by atoms with Crippen LogP contribution < -0.4 is 9.46 Å². The number of aromatic nitrogens is 5. The second kappa shape index (κ2) is 8.60. The van der Waals surface area contributed by atoms with Crippen LogP contribution in [0.5, 0.6) is 5.75 Å². The molecular weight excluding hydrogens is 444 g/mol. The average molecular weight is 471 g/mol. The molecule has 11 nitrogen and oxygen atoms in total. The van der Waals surface area contributed by atoms with Crippen LogP contribution in [0.25, 0.3) is 16.9 Å². The number of aryl methyl sites for hydroxylation is 1. The van der Waals surface area contributed by atoms with Gasteiger partial charge >= 0.3 is 10.2 Å². The molecule has 12 heteroatoms. The molecule has 174 valence electrons. The van der Waals surface area contributed by atoms with Crippen molar-refractivity contribution in [2.24, 2.45) is 4.40 Å². The molecular formula is C21H26N8O3S. The molecule has 0 unspecified atom stereocenters. The lowest BCUT2D eigenvalue weighted by molar-refractivity contribution is 0.250. The van der Waals surface area contributed by atoms with E-state index < -0.39 is 16.4 Å². The Bertz CT molecular complexity index is 1300. The molecule has 0 bridgehead atoms. The molecule has 33 heavy (non-hydrogen) atoms. The first-order chi connectivity index (χ1) is 15.9. The summed E-state index contributed by atoms with van der Waals surface area (Å²) in [4.78, 5) is 6.32. The van der Waals surface area contributed by atoms with Crippen LogP contribution in [-0.4, -0.2) is 63.5 Å². The third kappa shape index (κ3) is 4.48. The third-order valence-corrected chi connectivity index (χ3v) is 6.90. The minimum atomic E-state index is -3.71. The number of methoxy groups -OCH3 is 1. The van der Waals surface area contributed by atoms with Gasteiger partial charge in [-0.25, -0.2) is 9.67 Å². The van der Waals surface area contributed by atoms with Gasteiger partial charge in [-0.1, -0.05) is 17.7 Å². The molecule has 0 amide bonds. The fraction of sp³-hybridized carbons (Fsp3) is 0.429. The maximum absolute atomic E-state index is 12.3. The monoisotopic (exact) mass is 470 g/mol. The second-order valence-electron chi connectivity index (χ2n) is 8.26. The Morgan fingerprint density at radius 1 is 1.21 bits per heavy atom. The van der Waals surface area contributed by atoms with E-state index in [0.29, 0.717) is 30.2 Å². The number of fused-ring (bicyclic) bond motifs is 1. The number of nitrogens with one attached hydrogen (secondary N) is 1. The largest absolute Gasteiger partial charge is 0.495 e. The van der Waals surface area contributed by atoms with Crippen molar-refractivity contribution in [3.05, 3.63) is 42.6 Å². The van der Waals surface area contributed by atoms with E-state index in [1.807, 2.05) is 47.0 Å². The summed E-state index contributed by atoms with van der Waals surface area (Å²) in [5.41, 5.74) is 3.31. The Labute approximate surface area is 192 Å². The van der Waals surface area contributed by atoms with Crippen molar-refractivity contribution in [1.82, 2.24) is 34.2 Å². The predicted molar refractivity (Wildman–Crippen MR) is 122 cm³/mol. The van der Waals surface area contributed by atoms with E-state index in [2.05, 4.69) is 24.4 Å². The van der Waals surface area contributed by atoms with Gasteiger partial charge in [-0.05, 0) is 31.9 Å². The van der Waals surface area contributed by atoms with E-state index in [-0.39, 0.29) is 0 Å². The molecule has 0 radical (unpaired) electrons. The van der Waals surface area contributed by atoms with E-state index in [1.54, 1.807) is 18.1 Å². The Kier molecular flexibility index (Phi) is 5.62. The van der Waals surface area contributed by atoms with Gasteiger partial charge in [-0.3, -0.25) is 0 Å². The fourth-order valence-electron chi connectivity index (χ4n) is 4.29.